The summed E-state index contributed by atoms with van der Waals surface area (Å²) in [5.41, 5.74) is -0.730. The number of nitrogens with zero attached hydrogens (tertiary/aromatic N) is 1. The predicted octanol–water partition coefficient (Wildman–Crippen LogP) is 3.01. The van der Waals surface area contributed by atoms with Gasteiger partial charge in [-0.15, -0.1) is 0 Å². The molecule has 0 saturated heterocycles. The summed E-state index contributed by atoms with van der Waals surface area (Å²) >= 11 is 0. The maximum Gasteiger partial charge on any atom is 0.240 e. The third-order valence-electron chi connectivity index (χ3n) is 3.66. The normalized spacial score (nSPS) is 19.9. The van der Waals surface area contributed by atoms with Crippen LogP contribution in [0.25, 0.3) is 0 Å². The first kappa shape index (κ1) is 14.0. The topological polar surface area (TPSA) is 52.9 Å². The molecule has 96 valence electrons. The van der Waals surface area contributed by atoms with E-state index >= 15 is 0 Å². The van der Waals surface area contributed by atoms with Crippen LogP contribution in [0.4, 0.5) is 0 Å². The molecular formula is C14H24N2O. The second kappa shape index (κ2) is 6.05. The molecule has 0 spiro atoms. The van der Waals surface area contributed by atoms with Crippen molar-refractivity contribution in [3.63, 3.8) is 0 Å². The van der Waals surface area contributed by atoms with E-state index in [1.165, 1.54) is 0 Å². The van der Waals surface area contributed by atoms with E-state index in [0.717, 1.165) is 38.5 Å². The van der Waals surface area contributed by atoms with Crippen LogP contribution < -0.4 is 5.32 Å². The van der Waals surface area contributed by atoms with Gasteiger partial charge in [0, 0.05) is 6.04 Å². The Balaban J connectivity index is 2.45. The van der Waals surface area contributed by atoms with Crippen LogP contribution in [0, 0.1) is 22.7 Å². The molecule has 1 saturated carbocycles. The molecule has 1 aliphatic rings. The van der Waals surface area contributed by atoms with E-state index in [2.05, 4.69) is 25.2 Å². The molecule has 0 radical (unpaired) electrons. The molecule has 1 aliphatic carbocycles. The molecule has 1 unspecified atom stereocenters. The zero-order valence-corrected chi connectivity index (χ0v) is 11.3. The van der Waals surface area contributed by atoms with Gasteiger partial charge in [0.25, 0.3) is 0 Å². The molecule has 1 N–H and O–H groups in total. The van der Waals surface area contributed by atoms with Gasteiger partial charge in [-0.05, 0) is 38.5 Å². The highest BCUT2D eigenvalue weighted by atomic mass is 16.2. The van der Waals surface area contributed by atoms with Crippen LogP contribution in [0.2, 0.25) is 0 Å². The number of nitriles is 1. The first-order chi connectivity index (χ1) is 8.00. The van der Waals surface area contributed by atoms with Crippen molar-refractivity contribution >= 4 is 5.91 Å². The Hall–Kier alpha value is -1.04. The SMILES string of the molecule is CC(C)CCC(C)NC(=O)C1(C#N)CCCC1. The summed E-state index contributed by atoms with van der Waals surface area (Å²) in [6, 6.07) is 2.41. The van der Waals surface area contributed by atoms with Crippen LogP contribution in [0.3, 0.4) is 0 Å². The molecule has 1 amide bonds. The predicted molar refractivity (Wildman–Crippen MR) is 68.2 cm³/mol. The number of nitrogens with one attached hydrogen (secondary N) is 1. The Morgan fingerprint density at radius 2 is 1.88 bits per heavy atom. The fraction of sp³-hybridized carbons (Fsp3) is 0.857. The van der Waals surface area contributed by atoms with E-state index in [0.29, 0.717) is 5.92 Å². The average molecular weight is 236 g/mol. The lowest BCUT2D eigenvalue weighted by molar-refractivity contribution is -0.128. The van der Waals surface area contributed by atoms with Crippen molar-refractivity contribution in [1.82, 2.24) is 5.32 Å². The molecule has 17 heavy (non-hydrogen) atoms. The molecule has 0 aromatic carbocycles. The van der Waals surface area contributed by atoms with Crippen molar-refractivity contribution in [2.75, 3.05) is 0 Å². The molecule has 1 fully saturated rings. The monoisotopic (exact) mass is 236 g/mol. The molecule has 0 aromatic rings. The van der Waals surface area contributed by atoms with Crippen LogP contribution >= 0.6 is 0 Å². The largest absolute Gasteiger partial charge is 0.352 e. The Morgan fingerprint density at radius 1 is 1.29 bits per heavy atom. The van der Waals surface area contributed by atoms with Gasteiger partial charge in [-0.25, -0.2) is 0 Å². The Bertz CT molecular complexity index is 298. The Morgan fingerprint density at radius 3 is 2.35 bits per heavy atom. The average Bonchev–Trinajstić information content (AvgIpc) is 2.76. The standard InChI is InChI=1S/C14H24N2O/c1-11(2)6-7-12(3)16-13(17)14(10-15)8-4-5-9-14/h11-12H,4-9H2,1-3H3,(H,16,17). The van der Waals surface area contributed by atoms with Crippen molar-refractivity contribution in [2.45, 2.75) is 65.3 Å². The van der Waals surface area contributed by atoms with Crippen LogP contribution in [-0.4, -0.2) is 11.9 Å². The van der Waals surface area contributed by atoms with E-state index in [1.54, 1.807) is 0 Å². The van der Waals surface area contributed by atoms with Gasteiger partial charge in [0.05, 0.1) is 6.07 Å². The van der Waals surface area contributed by atoms with E-state index in [-0.39, 0.29) is 11.9 Å². The lowest BCUT2D eigenvalue weighted by Crippen LogP contribution is -2.42. The van der Waals surface area contributed by atoms with Crippen LogP contribution in [-0.2, 0) is 4.79 Å². The first-order valence-corrected chi connectivity index (χ1v) is 6.72. The summed E-state index contributed by atoms with van der Waals surface area (Å²) < 4.78 is 0. The second-order valence-electron chi connectivity index (χ2n) is 5.75. The van der Waals surface area contributed by atoms with Gasteiger partial charge in [-0.1, -0.05) is 26.7 Å². The fourth-order valence-electron chi connectivity index (χ4n) is 2.39. The lowest BCUT2D eigenvalue weighted by atomic mass is 9.86. The van der Waals surface area contributed by atoms with Gasteiger partial charge < -0.3 is 5.32 Å². The summed E-state index contributed by atoms with van der Waals surface area (Å²) in [5, 5.41) is 12.2. The minimum absolute atomic E-state index is 0.0474. The van der Waals surface area contributed by atoms with E-state index in [4.69, 9.17) is 0 Å². The molecule has 3 nitrogen and oxygen atoms in total. The molecular weight excluding hydrogens is 212 g/mol. The lowest BCUT2D eigenvalue weighted by Gasteiger charge is -2.23. The molecule has 1 rings (SSSR count). The molecule has 0 heterocycles. The zero-order valence-electron chi connectivity index (χ0n) is 11.3. The van der Waals surface area contributed by atoms with E-state index in [9.17, 15) is 10.1 Å². The number of hydrogen-bond acceptors (Lipinski definition) is 2. The fourth-order valence-corrected chi connectivity index (χ4v) is 2.39. The van der Waals surface area contributed by atoms with E-state index < -0.39 is 5.41 Å². The van der Waals surface area contributed by atoms with Crippen molar-refractivity contribution in [2.24, 2.45) is 11.3 Å². The minimum atomic E-state index is -0.730. The Labute approximate surface area is 105 Å². The van der Waals surface area contributed by atoms with Crippen LogP contribution in [0.5, 0.6) is 0 Å². The van der Waals surface area contributed by atoms with Crippen molar-refractivity contribution in [3.05, 3.63) is 0 Å². The number of rotatable bonds is 5. The maximum absolute atomic E-state index is 12.1. The van der Waals surface area contributed by atoms with Gasteiger partial charge in [0.15, 0.2) is 0 Å². The van der Waals surface area contributed by atoms with Gasteiger partial charge in [0.2, 0.25) is 5.91 Å². The van der Waals surface area contributed by atoms with Gasteiger partial charge in [0.1, 0.15) is 5.41 Å². The molecule has 1 atom stereocenters. The summed E-state index contributed by atoms with van der Waals surface area (Å²) in [6.07, 6.45) is 5.56. The van der Waals surface area contributed by atoms with Crippen molar-refractivity contribution < 1.29 is 4.79 Å². The first-order valence-electron chi connectivity index (χ1n) is 6.72. The zero-order chi connectivity index (χ0) is 12.9. The number of carbonyl (C=O) groups excluding carboxylic acids is 1. The van der Waals surface area contributed by atoms with Crippen molar-refractivity contribution in [3.8, 4) is 6.07 Å². The summed E-state index contributed by atoms with van der Waals surface area (Å²) in [7, 11) is 0. The second-order valence-corrected chi connectivity index (χ2v) is 5.75. The third-order valence-corrected chi connectivity index (χ3v) is 3.66. The van der Waals surface area contributed by atoms with Crippen LogP contribution in [0.1, 0.15) is 59.3 Å². The smallest absolute Gasteiger partial charge is 0.240 e. The number of amides is 1. The molecule has 0 aliphatic heterocycles. The van der Waals surface area contributed by atoms with Gasteiger partial charge in [-0.3, -0.25) is 4.79 Å². The van der Waals surface area contributed by atoms with Gasteiger partial charge in [-0.2, -0.15) is 5.26 Å². The van der Waals surface area contributed by atoms with Crippen molar-refractivity contribution in [1.29, 1.82) is 5.26 Å². The highest BCUT2D eigenvalue weighted by molar-refractivity contribution is 5.85. The minimum Gasteiger partial charge on any atom is -0.352 e. The number of hydrogen-bond donors (Lipinski definition) is 1. The molecule has 0 aromatic heterocycles. The highest BCUT2D eigenvalue weighted by Gasteiger charge is 2.41. The highest BCUT2D eigenvalue weighted by Crippen LogP contribution is 2.37. The molecule has 3 heteroatoms. The maximum atomic E-state index is 12.1. The molecule has 0 bridgehead atoms. The summed E-state index contributed by atoms with van der Waals surface area (Å²) in [4.78, 5) is 12.1. The quantitative estimate of drug-likeness (QED) is 0.797. The number of carbonyl (C=O) groups is 1. The third kappa shape index (κ3) is 3.73. The summed E-state index contributed by atoms with van der Waals surface area (Å²) in [6.45, 7) is 6.39. The van der Waals surface area contributed by atoms with Gasteiger partial charge >= 0.3 is 0 Å². The summed E-state index contributed by atoms with van der Waals surface area (Å²) in [5.74, 6) is 0.611. The van der Waals surface area contributed by atoms with E-state index in [1.807, 2.05) is 6.92 Å². The van der Waals surface area contributed by atoms with Crippen LogP contribution in [0.15, 0.2) is 0 Å². The Kier molecular flexibility index (Phi) is 4.99.